The van der Waals surface area contributed by atoms with Gasteiger partial charge in [-0.1, -0.05) is 18.9 Å². The van der Waals surface area contributed by atoms with Crippen molar-refractivity contribution in [2.24, 2.45) is 0 Å². The third kappa shape index (κ3) is 3.24. The van der Waals surface area contributed by atoms with Gasteiger partial charge in [-0.3, -0.25) is 4.31 Å². The highest BCUT2D eigenvalue weighted by atomic mass is 32.2. The number of hydrogen-bond donors (Lipinski definition) is 1. The van der Waals surface area contributed by atoms with E-state index in [1.165, 1.54) is 16.4 Å². The van der Waals surface area contributed by atoms with Crippen LogP contribution in [0.3, 0.4) is 0 Å². The quantitative estimate of drug-likeness (QED) is 0.928. The second kappa shape index (κ2) is 6.45. The van der Waals surface area contributed by atoms with Crippen molar-refractivity contribution in [1.82, 2.24) is 4.31 Å². The van der Waals surface area contributed by atoms with Gasteiger partial charge in [-0.15, -0.1) is 0 Å². The van der Waals surface area contributed by atoms with Gasteiger partial charge < -0.3 is 5.11 Å². The van der Waals surface area contributed by atoms with E-state index in [-0.39, 0.29) is 5.75 Å². The smallest absolute Gasteiger partial charge is 0.304 e. The lowest BCUT2D eigenvalue weighted by Gasteiger charge is -2.29. The molecule has 0 bridgehead atoms. The summed E-state index contributed by atoms with van der Waals surface area (Å²) in [6.45, 7) is 3.32. The Labute approximate surface area is 121 Å². The van der Waals surface area contributed by atoms with E-state index in [0.29, 0.717) is 25.3 Å². The van der Waals surface area contributed by atoms with Gasteiger partial charge in [0.1, 0.15) is 5.75 Å². The molecule has 0 aliphatic carbocycles. The van der Waals surface area contributed by atoms with Gasteiger partial charge in [0.25, 0.3) is 0 Å². The van der Waals surface area contributed by atoms with Crippen LogP contribution < -0.4 is 4.31 Å². The summed E-state index contributed by atoms with van der Waals surface area (Å²) in [5.41, 5.74) is 0.511. The number of nitrogens with zero attached hydrogens (tertiary/aromatic N) is 2. The third-order valence-corrected chi connectivity index (χ3v) is 5.62. The van der Waals surface area contributed by atoms with Crippen LogP contribution in [0.4, 0.5) is 5.69 Å². The van der Waals surface area contributed by atoms with E-state index in [4.69, 9.17) is 0 Å². The lowest BCUT2D eigenvalue weighted by atomic mass is 10.2. The number of benzene rings is 1. The zero-order valence-corrected chi connectivity index (χ0v) is 12.6. The average Bonchev–Trinajstić information content (AvgIpc) is 2.68. The molecule has 1 aliphatic rings. The van der Waals surface area contributed by atoms with Crippen molar-refractivity contribution in [3.63, 3.8) is 0 Å². The molecular formula is C14H22N2O3S. The van der Waals surface area contributed by atoms with E-state index in [1.807, 2.05) is 0 Å². The molecule has 1 aromatic rings. The molecule has 20 heavy (non-hydrogen) atoms. The largest absolute Gasteiger partial charge is 0.508 e. The first-order valence-corrected chi connectivity index (χ1v) is 8.52. The fraction of sp³-hybridized carbons (Fsp3) is 0.571. The van der Waals surface area contributed by atoms with Gasteiger partial charge in [0, 0.05) is 25.7 Å². The summed E-state index contributed by atoms with van der Waals surface area (Å²) in [4.78, 5) is 0. The fourth-order valence-corrected chi connectivity index (χ4v) is 4.24. The van der Waals surface area contributed by atoms with E-state index in [0.717, 1.165) is 25.7 Å². The molecule has 5 nitrogen and oxygen atoms in total. The van der Waals surface area contributed by atoms with E-state index in [9.17, 15) is 13.5 Å². The van der Waals surface area contributed by atoms with Crippen molar-refractivity contribution in [3.8, 4) is 5.75 Å². The van der Waals surface area contributed by atoms with Gasteiger partial charge >= 0.3 is 10.2 Å². The van der Waals surface area contributed by atoms with E-state index < -0.39 is 10.2 Å². The Morgan fingerprint density at radius 2 is 1.85 bits per heavy atom. The van der Waals surface area contributed by atoms with Crippen LogP contribution in [0.15, 0.2) is 24.3 Å². The summed E-state index contributed by atoms with van der Waals surface area (Å²) in [6, 6.07) is 6.39. The molecule has 112 valence electrons. The maximum atomic E-state index is 12.8. The number of anilines is 1. The summed E-state index contributed by atoms with van der Waals surface area (Å²) >= 11 is 0. The first-order valence-electron chi connectivity index (χ1n) is 7.12. The van der Waals surface area contributed by atoms with Gasteiger partial charge in [0.2, 0.25) is 0 Å². The van der Waals surface area contributed by atoms with Crippen LogP contribution in [-0.2, 0) is 10.2 Å². The molecule has 1 saturated heterocycles. The van der Waals surface area contributed by atoms with E-state index in [1.54, 1.807) is 23.4 Å². The van der Waals surface area contributed by atoms with Gasteiger partial charge in [0.05, 0.1) is 5.69 Å². The van der Waals surface area contributed by atoms with Crippen molar-refractivity contribution in [1.29, 1.82) is 0 Å². The van der Waals surface area contributed by atoms with Gasteiger partial charge in [-0.05, 0) is 31.9 Å². The summed E-state index contributed by atoms with van der Waals surface area (Å²) in [6.07, 6.45) is 4.00. The first-order chi connectivity index (χ1) is 9.55. The summed E-state index contributed by atoms with van der Waals surface area (Å²) < 4.78 is 28.4. The lowest BCUT2D eigenvalue weighted by Crippen LogP contribution is -2.44. The van der Waals surface area contributed by atoms with Crippen LogP contribution in [0.5, 0.6) is 5.75 Å². The zero-order chi connectivity index (χ0) is 14.6. The standard InChI is InChI=1S/C14H22N2O3S/c1-2-16(13-8-7-9-14(17)12-13)20(18,19)15-10-5-3-4-6-11-15/h7-9,12,17H,2-6,10-11H2,1H3. The molecular weight excluding hydrogens is 276 g/mol. The second-order valence-electron chi connectivity index (χ2n) is 5.01. The molecule has 1 aromatic carbocycles. The molecule has 1 N–H and O–H groups in total. The van der Waals surface area contributed by atoms with E-state index >= 15 is 0 Å². The van der Waals surface area contributed by atoms with Crippen LogP contribution in [0.2, 0.25) is 0 Å². The summed E-state index contributed by atoms with van der Waals surface area (Å²) in [5.74, 6) is 0.0759. The Kier molecular flexibility index (Phi) is 4.88. The van der Waals surface area contributed by atoms with Crippen LogP contribution >= 0.6 is 0 Å². The van der Waals surface area contributed by atoms with Crippen LogP contribution in [0.1, 0.15) is 32.6 Å². The normalized spacial score (nSPS) is 17.6. The second-order valence-corrected chi connectivity index (χ2v) is 6.86. The number of rotatable bonds is 4. The Bertz CT molecular complexity index is 537. The lowest BCUT2D eigenvalue weighted by molar-refractivity contribution is 0.421. The molecule has 0 atom stereocenters. The van der Waals surface area contributed by atoms with Gasteiger partial charge in [0.15, 0.2) is 0 Å². The zero-order valence-electron chi connectivity index (χ0n) is 11.8. The summed E-state index contributed by atoms with van der Waals surface area (Å²) in [7, 11) is -3.51. The average molecular weight is 298 g/mol. The van der Waals surface area contributed by atoms with Crippen LogP contribution in [0, 0.1) is 0 Å². The maximum Gasteiger partial charge on any atom is 0.304 e. The topological polar surface area (TPSA) is 60.9 Å². The third-order valence-electron chi connectivity index (χ3n) is 3.57. The first kappa shape index (κ1) is 15.1. The van der Waals surface area contributed by atoms with Crippen molar-refractivity contribution in [3.05, 3.63) is 24.3 Å². The van der Waals surface area contributed by atoms with Crippen molar-refractivity contribution >= 4 is 15.9 Å². The molecule has 0 amide bonds. The number of aromatic hydroxyl groups is 1. The van der Waals surface area contributed by atoms with Gasteiger partial charge in [-0.25, -0.2) is 0 Å². The molecule has 1 heterocycles. The maximum absolute atomic E-state index is 12.8. The summed E-state index contributed by atoms with van der Waals surface area (Å²) in [5, 5.41) is 9.54. The molecule has 2 rings (SSSR count). The molecule has 0 unspecified atom stereocenters. The molecule has 0 radical (unpaired) electrons. The molecule has 6 heteroatoms. The number of phenolic OH excluding ortho intramolecular Hbond substituents is 1. The van der Waals surface area contributed by atoms with Crippen LogP contribution in [-0.4, -0.2) is 37.5 Å². The minimum atomic E-state index is -3.51. The molecule has 0 spiro atoms. The van der Waals surface area contributed by atoms with Gasteiger partial charge in [-0.2, -0.15) is 12.7 Å². The Balaban J connectivity index is 2.29. The minimum Gasteiger partial charge on any atom is -0.508 e. The fourth-order valence-electron chi connectivity index (χ4n) is 2.54. The molecule has 1 aliphatic heterocycles. The molecule has 0 aromatic heterocycles. The van der Waals surface area contributed by atoms with E-state index in [2.05, 4.69) is 0 Å². The highest BCUT2D eigenvalue weighted by Crippen LogP contribution is 2.25. The minimum absolute atomic E-state index is 0.0759. The highest BCUT2D eigenvalue weighted by Gasteiger charge is 2.29. The monoisotopic (exact) mass is 298 g/mol. The number of phenols is 1. The number of hydrogen-bond acceptors (Lipinski definition) is 3. The SMILES string of the molecule is CCN(c1cccc(O)c1)S(=O)(=O)N1CCCCCC1. The highest BCUT2D eigenvalue weighted by molar-refractivity contribution is 7.90. The predicted molar refractivity (Wildman–Crippen MR) is 80.1 cm³/mol. The predicted octanol–water partition coefficient (Wildman–Crippen LogP) is 2.34. The Hall–Kier alpha value is -1.27. The van der Waals surface area contributed by atoms with Crippen LogP contribution in [0.25, 0.3) is 0 Å². The Morgan fingerprint density at radius 1 is 1.20 bits per heavy atom. The van der Waals surface area contributed by atoms with Crippen molar-refractivity contribution in [2.75, 3.05) is 23.9 Å². The Morgan fingerprint density at radius 3 is 2.40 bits per heavy atom. The molecule has 0 saturated carbocycles. The van der Waals surface area contributed by atoms with Crippen molar-refractivity contribution in [2.45, 2.75) is 32.6 Å². The molecule has 1 fully saturated rings. The van der Waals surface area contributed by atoms with Crippen molar-refractivity contribution < 1.29 is 13.5 Å².